The zero-order valence-corrected chi connectivity index (χ0v) is 9.86. The fourth-order valence-corrected chi connectivity index (χ4v) is 1.22. The van der Waals surface area contributed by atoms with Gasteiger partial charge < -0.3 is 11.1 Å². The van der Waals surface area contributed by atoms with E-state index in [2.05, 4.69) is 5.32 Å². The van der Waals surface area contributed by atoms with Crippen molar-refractivity contribution in [3.63, 3.8) is 0 Å². The summed E-state index contributed by atoms with van der Waals surface area (Å²) in [6.45, 7) is 7.41. The Bertz CT molecular complexity index is 206. The first-order valence-corrected chi connectivity index (χ1v) is 5.17. The fourth-order valence-electron chi connectivity index (χ4n) is 1.06. The Balaban J connectivity index is 4.09. The summed E-state index contributed by atoms with van der Waals surface area (Å²) in [7, 11) is 0. The van der Waals surface area contributed by atoms with Crippen molar-refractivity contribution in [3.05, 3.63) is 0 Å². The first kappa shape index (κ1) is 13.3. The number of likely N-dealkylation sites (N-methyl/N-ethyl adjacent to an activating group) is 1. The number of amides is 1. The van der Waals surface area contributed by atoms with Crippen molar-refractivity contribution >= 4 is 23.1 Å². The van der Waals surface area contributed by atoms with Crippen molar-refractivity contribution in [2.75, 3.05) is 19.6 Å². The first-order valence-electron chi connectivity index (χ1n) is 4.76. The normalized spacial score (nSPS) is 10.6. The Morgan fingerprint density at radius 2 is 2.07 bits per heavy atom. The average molecular weight is 217 g/mol. The van der Waals surface area contributed by atoms with Crippen molar-refractivity contribution < 1.29 is 4.79 Å². The molecule has 0 aromatic heterocycles. The van der Waals surface area contributed by atoms with Crippen molar-refractivity contribution in [1.82, 2.24) is 10.2 Å². The Morgan fingerprint density at radius 1 is 1.50 bits per heavy atom. The maximum atomic E-state index is 11.3. The molecule has 0 bridgehead atoms. The third kappa shape index (κ3) is 5.88. The van der Waals surface area contributed by atoms with Gasteiger partial charge in [-0.1, -0.05) is 12.2 Å². The van der Waals surface area contributed by atoms with Gasteiger partial charge in [0, 0.05) is 19.1 Å². The summed E-state index contributed by atoms with van der Waals surface area (Å²) in [5.74, 6) is 0.0115. The molecule has 1 amide bonds. The lowest BCUT2D eigenvalue weighted by atomic mass is 10.3. The van der Waals surface area contributed by atoms with Crippen molar-refractivity contribution in [3.8, 4) is 0 Å². The third-order valence-corrected chi connectivity index (χ3v) is 1.94. The third-order valence-electron chi connectivity index (χ3n) is 1.81. The Kier molecular flexibility index (Phi) is 6.40. The van der Waals surface area contributed by atoms with Crippen LogP contribution in [0, 0.1) is 0 Å². The quantitative estimate of drug-likeness (QED) is 0.620. The van der Waals surface area contributed by atoms with Gasteiger partial charge in [-0.15, -0.1) is 0 Å². The van der Waals surface area contributed by atoms with E-state index in [-0.39, 0.29) is 11.9 Å². The molecule has 0 aromatic rings. The lowest BCUT2D eigenvalue weighted by molar-refractivity contribution is -0.122. The lowest BCUT2D eigenvalue weighted by Gasteiger charge is -2.24. The van der Waals surface area contributed by atoms with Crippen LogP contribution >= 0.6 is 12.2 Å². The van der Waals surface area contributed by atoms with E-state index in [0.717, 1.165) is 0 Å². The molecule has 0 radical (unpaired) electrons. The Labute approximate surface area is 90.8 Å². The highest BCUT2D eigenvalue weighted by molar-refractivity contribution is 7.80. The zero-order chi connectivity index (χ0) is 11.1. The molecule has 3 N–H and O–H groups in total. The number of hydrogen-bond acceptors (Lipinski definition) is 3. The predicted octanol–water partition coefficient (Wildman–Crippen LogP) is 0.119. The maximum absolute atomic E-state index is 11.3. The number of carbonyl (C=O) groups is 1. The molecule has 0 rings (SSSR count). The summed E-state index contributed by atoms with van der Waals surface area (Å²) >= 11 is 4.81. The first-order chi connectivity index (χ1) is 6.47. The highest BCUT2D eigenvalue weighted by Gasteiger charge is 2.13. The molecular weight excluding hydrogens is 198 g/mol. The molecule has 0 aliphatic rings. The molecule has 0 aliphatic heterocycles. The molecule has 0 aliphatic carbocycles. The molecule has 0 saturated carbocycles. The summed E-state index contributed by atoms with van der Waals surface area (Å²) < 4.78 is 0. The summed E-state index contributed by atoms with van der Waals surface area (Å²) in [5.41, 5.74) is 5.44. The summed E-state index contributed by atoms with van der Waals surface area (Å²) in [5, 5.41) is 2.74. The topological polar surface area (TPSA) is 58.4 Å². The van der Waals surface area contributed by atoms with E-state index in [1.165, 1.54) is 0 Å². The van der Waals surface area contributed by atoms with E-state index in [0.29, 0.717) is 24.6 Å². The monoisotopic (exact) mass is 217 g/mol. The minimum absolute atomic E-state index is 0.0115. The van der Waals surface area contributed by atoms with E-state index in [4.69, 9.17) is 18.0 Å². The van der Waals surface area contributed by atoms with Gasteiger partial charge in [0.1, 0.15) is 0 Å². The molecule has 0 fully saturated rings. The van der Waals surface area contributed by atoms with Crippen LogP contribution in [0.2, 0.25) is 0 Å². The van der Waals surface area contributed by atoms with Crippen LogP contribution in [0.15, 0.2) is 0 Å². The second-order valence-electron chi connectivity index (χ2n) is 3.42. The molecule has 0 spiro atoms. The van der Waals surface area contributed by atoms with E-state index >= 15 is 0 Å². The molecule has 4 nitrogen and oxygen atoms in total. The average Bonchev–Trinajstić information content (AvgIpc) is 2.02. The number of nitrogens with two attached hydrogens (primary N) is 1. The van der Waals surface area contributed by atoms with E-state index in [1.54, 1.807) is 0 Å². The molecule has 0 saturated heterocycles. The molecule has 0 heterocycles. The number of hydrogen-bond donors (Lipinski definition) is 2. The second kappa shape index (κ2) is 6.73. The fraction of sp³-hybridized carbons (Fsp3) is 0.778. The molecule has 5 heteroatoms. The molecule has 0 unspecified atom stereocenters. The summed E-state index contributed by atoms with van der Waals surface area (Å²) in [6.07, 6.45) is 0. The lowest BCUT2D eigenvalue weighted by Crippen LogP contribution is -2.44. The van der Waals surface area contributed by atoms with Gasteiger partial charge in [0.2, 0.25) is 5.91 Å². The van der Waals surface area contributed by atoms with Gasteiger partial charge in [-0.3, -0.25) is 9.69 Å². The van der Waals surface area contributed by atoms with Gasteiger partial charge in [0.25, 0.3) is 0 Å². The maximum Gasteiger partial charge on any atom is 0.234 e. The molecule has 0 aromatic carbocycles. The number of carbonyl (C=O) groups excluding carboxylic acids is 1. The van der Waals surface area contributed by atoms with E-state index in [9.17, 15) is 4.79 Å². The molecule has 0 atom stereocenters. The van der Waals surface area contributed by atoms with E-state index in [1.807, 2.05) is 25.7 Å². The van der Waals surface area contributed by atoms with Gasteiger partial charge in [-0.25, -0.2) is 0 Å². The highest BCUT2D eigenvalue weighted by Crippen LogP contribution is 1.96. The van der Waals surface area contributed by atoms with Gasteiger partial charge in [-0.2, -0.15) is 0 Å². The Morgan fingerprint density at radius 3 is 2.43 bits per heavy atom. The predicted molar refractivity (Wildman–Crippen MR) is 62.2 cm³/mol. The minimum Gasteiger partial charge on any atom is -0.392 e. The van der Waals surface area contributed by atoms with Crippen LogP contribution < -0.4 is 11.1 Å². The number of nitrogens with one attached hydrogen (secondary N) is 1. The van der Waals surface area contributed by atoms with Gasteiger partial charge in [0.15, 0.2) is 0 Å². The van der Waals surface area contributed by atoms with Crippen molar-refractivity contribution in [2.24, 2.45) is 5.73 Å². The largest absolute Gasteiger partial charge is 0.392 e. The summed E-state index contributed by atoms with van der Waals surface area (Å²) in [4.78, 5) is 13.7. The second-order valence-corrected chi connectivity index (χ2v) is 3.94. The molecule has 14 heavy (non-hydrogen) atoms. The van der Waals surface area contributed by atoms with Crippen molar-refractivity contribution in [2.45, 2.75) is 26.8 Å². The standard InChI is InChI=1S/C9H19N3OS/c1-4-11-9(13)6-12(7(2)3)5-8(10)14/h7H,4-6H2,1-3H3,(H2,10,14)(H,11,13). The smallest absolute Gasteiger partial charge is 0.234 e. The SMILES string of the molecule is CCNC(=O)CN(CC(N)=S)C(C)C. The van der Waals surface area contributed by atoms with Gasteiger partial charge in [-0.05, 0) is 20.8 Å². The van der Waals surface area contributed by atoms with Crippen LogP contribution in [0.5, 0.6) is 0 Å². The van der Waals surface area contributed by atoms with Crippen LogP contribution in [0.25, 0.3) is 0 Å². The minimum atomic E-state index is 0.0115. The van der Waals surface area contributed by atoms with Gasteiger partial charge >= 0.3 is 0 Å². The van der Waals surface area contributed by atoms with Crippen LogP contribution in [-0.2, 0) is 4.79 Å². The Hall–Kier alpha value is -0.680. The summed E-state index contributed by atoms with van der Waals surface area (Å²) in [6, 6.07) is 0.263. The van der Waals surface area contributed by atoms with Gasteiger partial charge in [0.05, 0.1) is 11.5 Å². The number of nitrogens with zero attached hydrogens (tertiary/aromatic N) is 1. The van der Waals surface area contributed by atoms with Crippen LogP contribution in [0.4, 0.5) is 0 Å². The van der Waals surface area contributed by atoms with E-state index < -0.39 is 0 Å². The molecular formula is C9H19N3OS. The van der Waals surface area contributed by atoms with Crippen LogP contribution in [-0.4, -0.2) is 41.5 Å². The van der Waals surface area contributed by atoms with Crippen molar-refractivity contribution in [1.29, 1.82) is 0 Å². The van der Waals surface area contributed by atoms with Crippen LogP contribution in [0.1, 0.15) is 20.8 Å². The number of rotatable bonds is 6. The number of thiocarbonyl (C=S) groups is 1. The highest BCUT2D eigenvalue weighted by atomic mass is 32.1. The van der Waals surface area contributed by atoms with Crippen LogP contribution in [0.3, 0.4) is 0 Å². The molecule has 82 valence electrons. The zero-order valence-electron chi connectivity index (χ0n) is 9.04.